The predicted octanol–water partition coefficient (Wildman–Crippen LogP) is 17.6. The maximum Gasteiger partial charge on any atom is 0.101 e. The third-order valence-corrected chi connectivity index (χ3v) is 16.2. The van der Waals surface area contributed by atoms with Gasteiger partial charge in [-0.15, -0.1) is 0 Å². The molecule has 0 N–H and O–H groups in total. The summed E-state index contributed by atoms with van der Waals surface area (Å²) < 4.78 is 2.21. The van der Waals surface area contributed by atoms with E-state index in [1.807, 2.05) is 0 Å². The largest absolute Gasteiger partial charge is 0.309 e. The first-order valence-electron chi connectivity index (χ1n) is 25.1. The van der Waals surface area contributed by atoms with Crippen LogP contribution in [0.25, 0.3) is 83.3 Å². The van der Waals surface area contributed by atoms with Gasteiger partial charge in [0, 0.05) is 44.1 Å². The second-order valence-electron chi connectivity index (χ2n) is 20.2. The Balaban J connectivity index is 1.08. The molecule has 0 saturated heterocycles. The zero-order valence-electron chi connectivity index (χ0n) is 40.0. The Morgan fingerprint density at radius 3 is 1.53 bits per heavy atom. The molecule has 0 amide bonds. The number of hydrogen-bond donors (Lipinski definition) is 0. The predicted molar refractivity (Wildman–Crippen MR) is 298 cm³/mol. The van der Waals surface area contributed by atoms with Crippen molar-refractivity contribution in [3.05, 3.63) is 282 Å². The highest BCUT2D eigenvalue weighted by Gasteiger charge is 2.52. The van der Waals surface area contributed by atoms with Crippen molar-refractivity contribution in [2.24, 2.45) is 0 Å². The molecule has 0 unspecified atom stereocenters. The van der Waals surface area contributed by atoms with Crippen molar-refractivity contribution < 1.29 is 0 Å². The molecule has 3 nitrogen and oxygen atoms in total. The number of hydrogen-bond acceptors (Lipinski definition) is 2. The second kappa shape index (κ2) is 15.2. The van der Waals surface area contributed by atoms with Gasteiger partial charge >= 0.3 is 0 Å². The topological polar surface area (TPSA) is 20.5 Å². The molecule has 2 aromatic heterocycles. The van der Waals surface area contributed by atoms with Gasteiger partial charge in [-0.05, 0) is 97.1 Å². The normalized spacial score (nSPS) is 13.9. The summed E-state index contributed by atoms with van der Waals surface area (Å²) in [4.78, 5) is 2.59. The fraction of sp³-hybridized carbons (Fsp3) is 0.0580. The van der Waals surface area contributed by atoms with E-state index in [-0.39, 0.29) is 5.41 Å². The van der Waals surface area contributed by atoms with E-state index >= 15 is 0 Å². The minimum absolute atomic E-state index is 0.207. The molecule has 3 heteroatoms. The Morgan fingerprint density at radius 1 is 0.361 bits per heavy atom. The maximum atomic E-state index is 5.60. The molecule has 3 aliphatic carbocycles. The number of fused-ring (bicyclic) bond motifs is 16. The van der Waals surface area contributed by atoms with E-state index in [0.717, 1.165) is 67.0 Å². The van der Waals surface area contributed by atoms with Gasteiger partial charge < -0.3 is 4.90 Å². The Bertz CT molecular complexity index is 4140. The van der Waals surface area contributed by atoms with Crippen LogP contribution in [-0.4, -0.2) is 9.61 Å². The monoisotopic (exact) mass is 917 g/mol. The quantitative estimate of drug-likeness (QED) is 0.166. The molecular formula is C69H47N3. The number of pyridine rings is 1. The number of rotatable bonds is 6. The smallest absolute Gasteiger partial charge is 0.101 e. The Hall–Kier alpha value is -9.05. The summed E-state index contributed by atoms with van der Waals surface area (Å²) in [5, 5.41) is 7.87. The van der Waals surface area contributed by atoms with Crippen LogP contribution in [0.4, 0.5) is 17.1 Å². The summed E-state index contributed by atoms with van der Waals surface area (Å²) in [6, 6.07) is 92.2. The molecule has 0 aliphatic heterocycles. The standard InChI is InChI=1S/C69H47N3/c1-68(2)55-33-16-12-28-48(55)51-41-40-47(42-60(51)68)71(62-39-21-37-59-65(62)53-31-15-19-36-58(53)69(59)56-34-17-13-29-49(56)50-30-14-18-35-57(50)69)61-38-20-32-52-54(61)43-63(44-22-6-3-7-23-44)72-67(52)64(45-24-8-4-9-25-45)66(70-72)46-26-10-5-11-27-46/h3-43H,1-2H3. The average Bonchev–Trinajstić information content (AvgIpc) is 4.15. The summed E-state index contributed by atoms with van der Waals surface area (Å²) in [6.45, 7) is 4.77. The number of nitrogens with zero attached hydrogens (tertiary/aromatic N) is 3. The minimum Gasteiger partial charge on any atom is -0.309 e. The molecular weight excluding hydrogens is 871 g/mol. The third-order valence-electron chi connectivity index (χ3n) is 16.2. The third kappa shape index (κ3) is 5.48. The first kappa shape index (κ1) is 40.8. The summed E-state index contributed by atoms with van der Waals surface area (Å²) in [5.41, 5.74) is 25.8. The fourth-order valence-corrected chi connectivity index (χ4v) is 13.2. The van der Waals surface area contributed by atoms with Crippen LogP contribution in [0.2, 0.25) is 0 Å². The lowest BCUT2D eigenvalue weighted by molar-refractivity contribution is 0.660. The number of aromatic nitrogens is 2. The van der Waals surface area contributed by atoms with Gasteiger partial charge in [0.1, 0.15) is 5.69 Å². The molecule has 12 aromatic rings. The summed E-state index contributed by atoms with van der Waals surface area (Å²) >= 11 is 0. The first-order valence-corrected chi connectivity index (χ1v) is 25.1. The maximum absolute atomic E-state index is 5.60. The van der Waals surface area contributed by atoms with Gasteiger partial charge in [-0.2, -0.15) is 5.10 Å². The lowest BCUT2D eigenvalue weighted by Gasteiger charge is -2.32. The Labute approximate surface area is 419 Å². The molecule has 0 radical (unpaired) electrons. The molecule has 3 aliphatic rings. The molecule has 0 bridgehead atoms. The van der Waals surface area contributed by atoms with Crippen molar-refractivity contribution in [2.75, 3.05) is 4.90 Å². The number of benzene rings is 10. The highest BCUT2D eigenvalue weighted by molar-refractivity contribution is 6.14. The molecule has 0 fully saturated rings. The van der Waals surface area contributed by atoms with Gasteiger partial charge in [0.05, 0.1) is 28.0 Å². The van der Waals surface area contributed by atoms with Crippen LogP contribution in [0.3, 0.4) is 0 Å². The molecule has 0 saturated carbocycles. The number of anilines is 3. The van der Waals surface area contributed by atoms with E-state index in [1.165, 1.54) is 66.8 Å². The second-order valence-corrected chi connectivity index (χ2v) is 20.2. The van der Waals surface area contributed by atoms with Gasteiger partial charge in [-0.1, -0.05) is 232 Å². The minimum atomic E-state index is -0.496. The average molecular weight is 918 g/mol. The van der Waals surface area contributed by atoms with Gasteiger partial charge in [0.2, 0.25) is 0 Å². The first-order chi connectivity index (χ1) is 35.5. The Kier molecular flexibility index (Phi) is 8.63. The SMILES string of the molecule is CC1(C)c2ccccc2-c2ccc(N(c3cccc4c3-c3ccccc3C43c4ccccc4-c4ccccc43)c3cccc4c3cc(-c3ccccc3)n3nc(-c5ccccc5)c(-c5ccccc5)c43)cc21. The zero-order valence-corrected chi connectivity index (χ0v) is 40.0. The molecule has 2 heterocycles. The lowest BCUT2D eigenvalue weighted by Crippen LogP contribution is -2.26. The molecule has 0 atom stereocenters. The zero-order chi connectivity index (χ0) is 47.7. The molecule has 1 spiro atoms. The van der Waals surface area contributed by atoms with Crippen molar-refractivity contribution in [1.29, 1.82) is 0 Å². The fourth-order valence-electron chi connectivity index (χ4n) is 13.2. The van der Waals surface area contributed by atoms with Crippen LogP contribution >= 0.6 is 0 Å². The molecule has 15 rings (SSSR count). The van der Waals surface area contributed by atoms with Gasteiger partial charge in [-0.3, -0.25) is 0 Å². The van der Waals surface area contributed by atoms with Crippen molar-refractivity contribution >= 4 is 33.4 Å². The molecule has 338 valence electrons. The lowest BCUT2D eigenvalue weighted by atomic mass is 9.70. The van der Waals surface area contributed by atoms with Crippen LogP contribution in [-0.2, 0) is 10.8 Å². The van der Waals surface area contributed by atoms with E-state index in [4.69, 9.17) is 5.10 Å². The van der Waals surface area contributed by atoms with Crippen LogP contribution in [0, 0.1) is 0 Å². The van der Waals surface area contributed by atoms with E-state index < -0.39 is 5.41 Å². The van der Waals surface area contributed by atoms with Crippen LogP contribution in [0.5, 0.6) is 0 Å². The molecule has 72 heavy (non-hydrogen) atoms. The van der Waals surface area contributed by atoms with Crippen LogP contribution in [0.15, 0.2) is 249 Å². The van der Waals surface area contributed by atoms with Crippen molar-refractivity contribution in [3.8, 4) is 67.0 Å². The van der Waals surface area contributed by atoms with Gasteiger partial charge in [0.25, 0.3) is 0 Å². The Morgan fingerprint density at radius 2 is 0.861 bits per heavy atom. The summed E-state index contributed by atoms with van der Waals surface area (Å²) in [6.07, 6.45) is 0. The molecule has 10 aromatic carbocycles. The van der Waals surface area contributed by atoms with E-state index in [1.54, 1.807) is 0 Å². The van der Waals surface area contributed by atoms with Crippen molar-refractivity contribution in [2.45, 2.75) is 24.7 Å². The van der Waals surface area contributed by atoms with Crippen LogP contribution < -0.4 is 4.90 Å². The van der Waals surface area contributed by atoms with Crippen molar-refractivity contribution in [1.82, 2.24) is 9.61 Å². The highest BCUT2D eigenvalue weighted by Crippen LogP contribution is 2.65. The summed E-state index contributed by atoms with van der Waals surface area (Å²) in [7, 11) is 0. The van der Waals surface area contributed by atoms with Gasteiger partial charge in [-0.25, -0.2) is 4.52 Å². The van der Waals surface area contributed by atoms with Crippen molar-refractivity contribution in [3.63, 3.8) is 0 Å². The van der Waals surface area contributed by atoms with E-state index in [9.17, 15) is 0 Å². The van der Waals surface area contributed by atoms with Crippen LogP contribution in [0.1, 0.15) is 47.2 Å². The van der Waals surface area contributed by atoms with Gasteiger partial charge in [0.15, 0.2) is 0 Å². The summed E-state index contributed by atoms with van der Waals surface area (Å²) in [5.74, 6) is 0. The van der Waals surface area contributed by atoms with E-state index in [2.05, 4.69) is 272 Å². The van der Waals surface area contributed by atoms with E-state index in [0.29, 0.717) is 0 Å². The highest BCUT2D eigenvalue weighted by atomic mass is 15.2.